The fourth-order valence-corrected chi connectivity index (χ4v) is 1.83. The number of pyridine rings is 1. The van der Waals surface area contributed by atoms with E-state index in [0.29, 0.717) is 16.7 Å². The van der Waals surface area contributed by atoms with E-state index in [1.807, 2.05) is 0 Å². The highest BCUT2D eigenvalue weighted by atomic mass is 19.1. The number of rotatable bonds is 3. The van der Waals surface area contributed by atoms with Crippen molar-refractivity contribution in [2.45, 2.75) is 6.92 Å². The Morgan fingerprint density at radius 2 is 2.15 bits per heavy atom. The van der Waals surface area contributed by atoms with Crippen molar-refractivity contribution < 1.29 is 13.9 Å². The van der Waals surface area contributed by atoms with Gasteiger partial charge in [-0.25, -0.2) is 9.18 Å². The third-order valence-electron chi connectivity index (χ3n) is 2.93. The zero-order chi connectivity index (χ0) is 14.5. The van der Waals surface area contributed by atoms with E-state index in [9.17, 15) is 9.18 Å². The third kappa shape index (κ3) is 3.09. The van der Waals surface area contributed by atoms with E-state index in [-0.39, 0.29) is 5.82 Å². The Morgan fingerprint density at radius 3 is 2.80 bits per heavy atom. The van der Waals surface area contributed by atoms with Crippen LogP contribution in [-0.2, 0) is 9.53 Å². The molecule has 0 aliphatic rings. The molecule has 0 saturated carbocycles. The Bertz CT molecular complexity index is 651. The molecule has 4 heteroatoms. The summed E-state index contributed by atoms with van der Waals surface area (Å²) in [6.45, 7) is 1.77. The molecule has 0 bridgehead atoms. The molecule has 0 amide bonds. The maximum absolute atomic E-state index is 13.9. The number of benzene rings is 1. The average molecular weight is 271 g/mol. The highest BCUT2D eigenvalue weighted by Crippen LogP contribution is 2.26. The summed E-state index contributed by atoms with van der Waals surface area (Å²) >= 11 is 0. The third-order valence-corrected chi connectivity index (χ3v) is 2.93. The van der Waals surface area contributed by atoms with Gasteiger partial charge in [-0.3, -0.25) is 4.98 Å². The predicted octanol–water partition coefficient (Wildman–Crippen LogP) is 3.46. The summed E-state index contributed by atoms with van der Waals surface area (Å²) in [6.07, 6.45) is 4.61. The molecular formula is C16H14FNO2. The lowest BCUT2D eigenvalue weighted by molar-refractivity contribution is -0.134. The van der Waals surface area contributed by atoms with Crippen LogP contribution in [0.25, 0.3) is 16.7 Å². The number of halogens is 1. The van der Waals surface area contributed by atoms with Crippen LogP contribution in [0.4, 0.5) is 4.39 Å². The maximum Gasteiger partial charge on any atom is 0.330 e. The van der Waals surface area contributed by atoms with Gasteiger partial charge in [0.25, 0.3) is 0 Å². The molecule has 102 valence electrons. The summed E-state index contributed by atoms with van der Waals surface area (Å²) < 4.78 is 18.5. The Balaban J connectivity index is 2.44. The van der Waals surface area contributed by atoms with Crippen LogP contribution in [0.5, 0.6) is 0 Å². The van der Waals surface area contributed by atoms with Crippen LogP contribution in [0.2, 0.25) is 0 Å². The second-order valence-corrected chi connectivity index (χ2v) is 4.29. The van der Waals surface area contributed by atoms with Crippen LogP contribution in [0.1, 0.15) is 12.5 Å². The molecular weight excluding hydrogens is 257 g/mol. The molecule has 0 aliphatic carbocycles. The number of carbonyl (C=O) groups excluding carboxylic acids is 1. The van der Waals surface area contributed by atoms with E-state index in [0.717, 1.165) is 5.56 Å². The molecule has 1 aromatic heterocycles. The number of ether oxygens (including phenoxy) is 1. The van der Waals surface area contributed by atoms with Crippen molar-refractivity contribution in [1.82, 2.24) is 4.98 Å². The average Bonchev–Trinajstić information content (AvgIpc) is 2.48. The first-order valence-corrected chi connectivity index (χ1v) is 6.08. The van der Waals surface area contributed by atoms with Crippen LogP contribution in [-0.4, -0.2) is 18.1 Å². The van der Waals surface area contributed by atoms with Gasteiger partial charge in [-0.15, -0.1) is 0 Å². The number of methoxy groups -OCH3 is 1. The summed E-state index contributed by atoms with van der Waals surface area (Å²) in [5.41, 5.74) is 2.61. The first-order chi connectivity index (χ1) is 9.61. The zero-order valence-electron chi connectivity index (χ0n) is 11.3. The molecule has 0 aliphatic heterocycles. The first-order valence-electron chi connectivity index (χ1n) is 6.08. The van der Waals surface area contributed by atoms with Crippen LogP contribution >= 0.6 is 0 Å². The smallest absolute Gasteiger partial charge is 0.330 e. The highest BCUT2D eigenvalue weighted by molar-refractivity contribution is 5.91. The molecule has 1 aromatic carbocycles. The van der Waals surface area contributed by atoms with Crippen molar-refractivity contribution in [1.29, 1.82) is 0 Å². The molecule has 0 atom stereocenters. The summed E-state index contributed by atoms with van der Waals surface area (Å²) in [6, 6.07) is 8.24. The van der Waals surface area contributed by atoms with Gasteiger partial charge in [0.1, 0.15) is 5.82 Å². The second-order valence-electron chi connectivity index (χ2n) is 4.29. The van der Waals surface area contributed by atoms with E-state index in [2.05, 4.69) is 9.72 Å². The van der Waals surface area contributed by atoms with Gasteiger partial charge in [0.15, 0.2) is 0 Å². The van der Waals surface area contributed by atoms with E-state index in [1.54, 1.807) is 43.6 Å². The Hall–Kier alpha value is -2.49. The molecule has 3 nitrogen and oxygen atoms in total. The molecule has 0 fully saturated rings. The van der Waals surface area contributed by atoms with Crippen LogP contribution in [0, 0.1) is 5.82 Å². The number of esters is 1. The van der Waals surface area contributed by atoms with Gasteiger partial charge < -0.3 is 4.74 Å². The van der Waals surface area contributed by atoms with E-state index in [4.69, 9.17) is 0 Å². The van der Waals surface area contributed by atoms with Gasteiger partial charge in [-0.1, -0.05) is 12.1 Å². The normalized spacial score (nSPS) is 11.2. The molecule has 0 saturated heterocycles. The number of hydrogen-bond acceptors (Lipinski definition) is 3. The van der Waals surface area contributed by atoms with Gasteiger partial charge in [-0.05, 0) is 36.3 Å². The SMILES string of the molecule is COC(=O)/C=C(\C)c1ccc(F)c(-c2cccnc2)c1. The van der Waals surface area contributed by atoms with Crippen molar-refractivity contribution in [2.75, 3.05) is 7.11 Å². The Kier molecular flexibility index (Phi) is 4.25. The summed E-state index contributed by atoms with van der Waals surface area (Å²) in [7, 11) is 1.32. The van der Waals surface area contributed by atoms with Gasteiger partial charge in [0, 0.05) is 29.6 Å². The second kappa shape index (κ2) is 6.10. The molecule has 0 spiro atoms. The number of aromatic nitrogens is 1. The van der Waals surface area contributed by atoms with Crippen LogP contribution in [0.3, 0.4) is 0 Å². The number of hydrogen-bond donors (Lipinski definition) is 0. The van der Waals surface area contributed by atoms with E-state index >= 15 is 0 Å². The quantitative estimate of drug-likeness (QED) is 0.634. The minimum Gasteiger partial charge on any atom is -0.466 e. The lowest BCUT2D eigenvalue weighted by Crippen LogP contribution is -1.96. The van der Waals surface area contributed by atoms with Gasteiger partial charge in [0.05, 0.1) is 7.11 Å². The molecule has 2 aromatic rings. The monoisotopic (exact) mass is 271 g/mol. The number of carbonyl (C=O) groups is 1. The number of allylic oxidation sites excluding steroid dienone is 1. The molecule has 20 heavy (non-hydrogen) atoms. The molecule has 0 radical (unpaired) electrons. The first kappa shape index (κ1) is 13.9. The standard InChI is InChI=1S/C16H14FNO2/c1-11(8-16(19)20-2)12-5-6-15(17)14(9-12)13-4-3-7-18-10-13/h3-10H,1-2H3/b11-8+. The van der Waals surface area contributed by atoms with Gasteiger partial charge in [-0.2, -0.15) is 0 Å². The van der Waals surface area contributed by atoms with Crippen molar-refractivity contribution in [2.24, 2.45) is 0 Å². The minimum atomic E-state index is -0.435. The Morgan fingerprint density at radius 1 is 1.35 bits per heavy atom. The molecule has 1 heterocycles. The highest BCUT2D eigenvalue weighted by Gasteiger charge is 2.08. The predicted molar refractivity (Wildman–Crippen MR) is 75.3 cm³/mol. The van der Waals surface area contributed by atoms with Crippen LogP contribution in [0.15, 0.2) is 48.8 Å². The van der Waals surface area contributed by atoms with Crippen molar-refractivity contribution in [3.05, 3.63) is 60.2 Å². The molecule has 0 N–H and O–H groups in total. The summed E-state index contributed by atoms with van der Waals surface area (Å²) in [4.78, 5) is 15.2. The zero-order valence-corrected chi connectivity index (χ0v) is 11.3. The maximum atomic E-state index is 13.9. The topological polar surface area (TPSA) is 39.2 Å². The fraction of sp³-hybridized carbons (Fsp3) is 0.125. The van der Waals surface area contributed by atoms with Crippen molar-refractivity contribution in [3.8, 4) is 11.1 Å². The minimum absolute atomic E-state index is 0.326. The van der Waals surface area contributed by atoms with E-state index in [1.165, 1.54) is 19.3 Å². The lowest BCUT2D eigenvalue weighted by atomic mass is 10.00. The van der Waals surface area contributed by atoms with Gasteiger partial charge >= 0.3 is 5.97 Å². The fourth-order valence-electron chi connectivity index (χ4n) is 1.83. The molecule has 0 unspecified atom stereocenters. The largest absolute Gasteiger partial charge is 0.466 e. The van der Waals surface area contributed by atoms with Crippen molar-refractivity contribution >= 4 is 11.5 Å². The summed E-state index contributed by atoms with van der Waals surface area (Å²) in [5, 5.41) is 0. The summed E-state index contributed by atoms with van der Waals surface area (Å²) in [5.74, 6) is -0.762. The molecule has 2 rings (SSSR count). The van der Waals surface area contributed by atoms with E-state index < -0.39 is 5.97 Å². The Labute approximate surface area is 116 Å². The van der Waals surface area contributed by atoms with Gasteiger partial charge in [0.2, 0.25) is 0 Å². The van der Waals surface area contributed by atoms with Crippen LogP contribution < -0.4 is 0 Å². The lowest BCUT2D eigenvalue weighted by Gasteiger charge is -2.07. The number of nitrogens with zero attached hydrogens (tertiary/aromatic N) is 1. The van der Waals surface area contributed by atoms with Crippen molar-refractivity contribution in [3.63, 3.8) is 0 Å².